The monoisotopic (exact) mass is 256 g/mol. The zero-order chi connectivity index (χ0) is 13.1. The van der Waals surface area contributed by atoms with E-state index in [1.165, 1.54) is 11.3 Å². The SMILES string of the molecule is CCC(C)(CNC(=O)c1csc(C)n1)C(=O)O. The lowest BCUT2D eigenvalue weighted by Crippen LogP contribution is -2.40. The summed E-state index contributed by atoms with van der Waals surface area (Å²) < 4.78 is 0. The van der Waals surface area contributed by atoms with E-state index < -0.39 is 11.4 Å². The molecule has 1 heterocycles. The molecule has 1 amide bonds. The minimum Gasteiger partial charge on any atom is -0.481 e. The highest BCUT2D eigenvalue weighted by Gasteiger charge is 2.31. The van der Waals surface area contributed by atoms with Crippen LogP contribution < -0.4 is 5.32 Å². The van der Waals surface area contributed by atoms with Gasteiger partial charge in [-0.05, 0) is 20.3 Å². The van der Waals surface area contributed by atoms with Crippen LogP contribution in [0.4, 0.5) is 0 Å². The zero-order valence-electron chi connectivity index (χ0n) is 10.1. The Labute approximate surface area is 104 Å². The maximum atomic E-state index is 11.7. The highest BCUT2D eigenvalue weighted by atomic mass is 32.1. The number of carboxylic acid groups (broad SMARTS) is 1. The highest BCUT2D eigenvalue weighted by molar-refractivity contribution is 7.09. The molecule has 94 valence electrons. The Bertz CT molecular complexity index is 430. The highest BCUT2D eigenvalue weighted by Crippen LogP contribution is 2.20. The molecule has 0 aliphatic rings. The Hall–Kier alpha value is -1.43. The van der Waals surface area contributed by atoms with E-state index in [4.69, 9.17) is 5.11 Å². The third-order valence-electron chi connectivity index (χ3n) is 2.79. The molecule has 0 aliphatic carbocycles. The number of carbonyl (C=O) groups excluding carboxylic acids is 1. The first-order valence-corrected chi connectivity index (χ1v) is 6.20. The second kappa shape index (κ2) is 5.27. The first kappa shape index (κ1) is 13.6. The van der Waals surface area contributed by atoms with Crippen LogP contribution in [0.3, 0.4) is 0 Å². The number of amides is 1. The van der Waals surface area contributed by atoms with Crippen molar-refractivity contribution >= 4 is 23.2 Å². The molecule has 1 rings (SSSR count). The van der Waals surface area contributed by atoms with Gasteiger partial charge >= 0.3 is 5.97 Å². The van der Waals surface area contributed by atoms with E-state index in [-0.39, 0.29) is 12.5 Å². The number of nitrogens with one attached hydrogen (secondary N) is 1. The van der Waals surface area contributed by atoms with Crippen molar-refractivity contribution in [3.8, 4) is 0 Å². The van der Waals surface area contributed by atoms with Crippen LogP contribution in [0.1, 0.15) is 35.8 Å². The summed E-state index contributed by atoms with van der Waals surface area (Å²) in [6.07, 6.45) is 0.457. The molecule has 6 heteroatoms. The summed E-state index contributed by atoms with van der Waals surface area (Å²) in [5.74, 6) is -1.23. The van der Waals surface area contributed by atoms with Crippen LogP contribution in [-0.4, -0.2) is 28.5 Å². The first-order chi connectivity index (χ1) is 7.89. The molecule has 5 nitrogen and oxygen atoms in total. The molecule has 2 N–H and O–H groups in total. The topological polar surface area (TPSA) is 79.3 Å². The number of carbonyl (C=O) groups is 2. The number of aliphatic carboxylic acids is 1. The van der Waals surface area contributed by atoms with Gasteiger partial charge in [0.2, 0.25) is 0 Å². The Morgan fingerprint density at radius 2 is 2.24 bits per heavy atom. The molecule has 0 spiro atoms. The van der Waals surface area contributed by atoms with Crippen LogP contribution >= 0.6 is 11.3 Å². The summed E-state index contributed by atoms with van der Waals surface area (Å²) in [4.78, 5) is 26.8. The van der Waals surface area contributed by atoms with Crippen LogP contribution in [0, 0.1) is 12.3 Å². The second-order valence-electron chi connectivity index (χ2n) is 4.15. The van der Waals surface area contributed by atoms with Gasteiger partial charge in [0, 0.05) is 11.9 Å². The summed E-state index contributed by atoms with van der Waals surface area (Å²) in [6.45, 7) is 5.32. The fraction of sp³-hybridized carbons (Fsp3) is 0.545. The molecule has 0 aromatic carbocycles. The Kier molecular flexibility index (Phi) is 4.22. The third kappa shape index (κ3) is 3.26. The molecule has 0 saturated heterocycles. The third-order valence-corrected chi connectivity index (χ3v) is 3.56. The quantitative estimate of drug-likeness (QED) is 0.840. The van der Waals surface area contributed by atoms with Crippen LogP contribution in [-0.2, 0) is 4.79 Å². The van der Waals surface area contributed by atoms with E-state index in [0.29, 0.717) is 12.1 Å². The summed E-state index contributed by atoms with van der Waals surface area (Å²) in [5.41, 5.74) is -0.586. The van der Waals surface area contributed by atoms with Gasteiger partial charge in [-0.15, -0.1) is 11.3 Å². The van der Waals surface area contributed by atoms with Crippen LogP contribution in [0.15, 0.2) is 5.38 Å². The molecule has 1 aromatic rings. The number of aromatic nitrogens is 1. The molecule has 0 radical (unpaired) electrons. The average Bonchev–Trinajstić information content (AvgIpc) is 2.72. The largest absolute Gasteiger partial charge is 0.481 e. The van der Waals surface area contributed by atoms with Crippen molar-refractivity contribution in [3.05, 3.63) is 16.1 Å². The van der Waals surface area contributed by atoms with E-state index in [0.717, 1.165) is 5.01 Å². The van der Waals surface area contributed by atoms with Crippen LogP contribution in [0.25, 0.3) is 0 Å². The van der Waals surface area contributed by atoms with Gasteiger partial charge in [-0.1, -0.05) is 6.92 Å². The normalized spacial score (nSPS) is 14.1. The molecular weight excluding hydrogens is 240 g/mol. The number of hydrogen-bond donors (Lipinski definition) is 2. The van der Waals surface area contributed by atoms with Crippen molar-refractivity contribution in [2.24, 2.45) is 5.41 Å². The molecule has 17 heavy (non-hydrogen) atoms. The predicted octanol–water partition coefficient (Wildman–Crippen LogP) is 1.68. The van der Waals surface area contributed by atoms with E-state index in [9.17, 15) is 9.59 Å². The maximum Gasteiger partial charge on any atom is 0.311 e. The van der Waals surface area contributed by atoms with Gasteiger partial charge in [-0.25, -0.2) is 4.98 Å². The van der Waals surface area contributed by atoms with Crippen molar-refractivity contribution in [1.29, 1.82) is 0 Å². The summed E-state index contributed by atoms with van der Waals surface area (Å²) in [6, 6.07) is 0. The van der Waals surface area contributed by atoms with Crippen molar-refractivity contribution in [1.82, 2.24) is 10.3 Å². The minimum atomic E-state index is -0.930. The number of hydrogen-bond acceptors (Lipinski definition) is 4. The number of thiazole rings is 1. The fourth-order valence-corrected chi connectivity index (χ4v) is 1.78. The second-order valence-corrected chi connectivity index (χ2v) is 5.22. The molecule has 0 fully saturated rings. The Morgan fingerprint density at radius 1 is 1.59 bits per heavy atom. The predicted molar refractivity (Wildman–Crippen MR) is 65.2 cm³/mol. The average molecular weight is 256 g/mol. The van der Waals surface area contributed by atoms with E-state index in [1.807, 2.05) is 6.92 Å². The lowest BCUT2D eigenvalue weighted by molar-refractivity contribution is -0.147. The van der Waals surface area contributed by atoms with Gasteiger partial charge in [0.15, 0.2) is 0 Å². The van der Waals surface area contributed by atoms with Crippen molar-refractivity contribution in [3.63, 3.8) is 0 Å². The van der Waals surface area contributed by atoms with E-state index >= 15 is 0 Å². The fourth-order valence-electron chi connectivity index (χ4n) is 1.19. The van der Waals surface area contributed by atoms with Gasteiger partial charge in [-0.2, -0.15) is 0 Å². The molecule has 0 aliphatic heterocycles. The van der Waals surface area contributed by atoms with Crippen molar-refractivity contribution in [2.45, 2.75) is 27.2 Å². The molecule has 1 atom stereocenters. The molecule has 1 unspecified atom stereocenters. The van der Waals surface area contributed by atoms with Gasteiger partial charge in [-0.3, -0.25) is 9.59 Å². The van der Waals surface area contributed by atoms with Gasteiger partial charge in [0.25, 0.3) is 5.91 Å². The first-order valence-electron chi connectivity index (χ1n) is 5.33. The molecule has 0 bridgehead atoms. The van der Waals surface area contributed by atoms with Gasteiger partial charge in [0.05, 0.1) is 10.4 Å². The number of nitrogens with zero attached hydrogens (tertiary/aromatic N) is 1. The standard InChI is InChI=1S/C11H16N2O3S/c1-4-11(3,10(15)16)6-12-9(14)8-5-17-7(2)13-8/h5H,4,6H2,1-3H3,(H,12,14)(H,15,16). The summed E-state index contributed by atoms with van der Waals surface area (Å²) in [5, 5.41) is 14.1. The lowest BCUT2D eigenvalue weighted by Gasteiger charge is -2.22. The number of aryl methyl sites for hydroxylation is 1. The maximum absolute atomic E-state index is 11.7. The Morgan fingerprint density at radius 3 is 2.65 bits per heavy atom. The smallest absolute Gasteiger partial charge is 0.311 e. The van der Waals surface area contributed by atoms with Crippen LogP contribution in [0.5, 0.6) is 0 Å². The van der Waals surface area contributed by atoms with E-state index in [2.05, 4.69) is 10.3 Å². The number of rotatable bonds is 5. The lowest BCUT2D eigenvalue weighted by atomic mass is 9.88. The van der Waals surface area contributed by atoms with Crippen LogP contribution in [0.2, 0.25) is 0 Å². The Balaban J connectivity index is 2.62. The molecule has 0 saturated carbocycles. The summed E-state index contributed by atoms with van der Waals surface area (Å²) >= 11 is 1.39. The zero-order valence-corrected chi connectivity index (χ0v) is 10.9. The van der Waals surface area contributed by atoms with Crippen molar-refractivity contribution < 1.29 is 14.7 Å². The molecular formula is C11H16N2O3S. The van der Waals surface area contributed by atoms with Gasteiger partial charge < -0.3 is 10.4 Å². The summed E-state index contributed by atoms with van der Waals surface area (Å²) in [7, 11) is 0. The molecule has 1 aromatic heterocycles. The van der Waals surface area contributed by atoms with Gasteiger partial charge in [0.1, 0.15) is 5.69 Å². The van der Waals surface area contributed by atoms with E-state index in [1.54, 1.807) is 19.2 Å². The minimum absolute atomic E-state index is 0.105. The van der Waals surface area contributed by atoms with Crippen molar-refractivity contribution in [2.75, 3.05) is 6.54 Å². The number of carboxylic acids is 1.